The molecule has 0 aromatic rings. The number of nitrogens with two attached hydrogens (primary N) is 2. The predicted octanol–water partition coefficient (Wildman–Crippen LogP) is -0.453. The van der Waals surface area contributed by atoms with Crippen LogP contribution in [-0.4, -0.2) is 13.2 Å². The maximum atomic E-state index is 4.89. The highest BCUT2D eigenvalue weighted by Gasteiger charge is 2.43. The van der Waals surface area contributed by atoms with Crippen LogP contribution < -0.4 is 11.8 Å². The Morgan fingerprint density at radius 2 is 1.56 bits per heavy atom. The monoisotopic (exact) mass is 132 g/mol. The molecule has 0 unspecified atom stereocenters. The second-order valence-corrected chi connectivity index (χ2v) is 2.62. The number of rotatable bonds is 4. The van der Waals surface area contributed by atoms with Crippen molar-refractivity contribution in [2.75, 3.05) is 13.2 Å². The summed E-state index contributed by atoms with van der Waals surface area (Å²) < 4.78 is 0. The van der Waals surface area contributed by atoms with Crippen molar-refractivity contribution in [1.29, 1.82) is 0 Å². The Hall–Kier alpha value is -0.160. The van der Waals surface area contributed by atoms with Gasteiger partial charge in [0.25, 0.3) is 0 Å². The van der Waals surface area contributed by atoms with Gasteiger partial charge in [-0.15, -0.1) is 0 Å². The molecule has 0 aromatic carbocycles. The van der Waals surface area contributed by atoms with Crippen molar-refractivity contribution in [3.05, 3.63) is 0 Å². The molecule has 0 aromatic heterocycles. The van der Waals surface area contributed by atoms with Crippen LogP contribution in [0.2, 0.25) is 0 Å². The van der Waals surface area contributed by atoms with Gasteiger partial charge in [-0.25, -0.2) is 11.8 Å². The number of hydrogen-bond acceptors (Lipinski definition) is 4. The maximum Gasteiger partial charge on any atom is 0.0758 e. The molecule has 0 spiro atoms. The third-order valence-electron chi connectivity index (χ3n) is 1.74. The molecule has 0 aliphatic heterocycles. The lowest BCUT2D eigenvalue weighted by Gasteiger charge is -2.09. The van der Waals surface area contributed by atoms with Crippen LogP contribution in [0.3, 0.4) is 0 Å². The van der Waals surface area contributed by atoms with Crippen LogP contribution in [0.15, 0.2) is 0 Å². The molecule has 0 saturated heterocycles. The fraction of sp³-hybridized carbons (Fsp3) is 1.00. The lowest BCUT2D eigenvalue weighted by atomic mass is 10.1. The fourth-order valence-electron chi connectivity index (χ4n) is 0.861. The highest BCUT2D eigenvalue weighted by atomic mass is 16.6. The molecule has 0 atom stereocenters. The van der Waals surface area contributed by atoms with Crippen molar-refractivity contribution in [3.8, 4) is 0 Å². The van der Waals surface area contributed by atoms with Gasteiger partial charge in [-0.1, -0.05) is 0 Å². The van der Waals surface area contributed by atoms with Gasteiger partial charge in [0.1, 0.15) is 0 Å². The summed E-state index contributed by atoms with van der Waals surface area (Å²) >= 11 is 0. The Morgan fingerprint density at radius 3 is 1.78 bits per heavy atom. The molecule has 9 heavy (non-hydrogen) atoms. The Bertz CT molecular complexity index is 85.0. The van der Waals surface area contributed by atoms with Crippen molar-refractivity contribution in [2.24, 2.45) is 17.2 Å². The molecular formula is C5H12N2O2. The largest absolute Gasteiger partial charge is 0.304 e. The summed E-state index contributed by atoms with van der Waals surface area (Å²) in [7, 11) is 0. The zero-order valence-electron chi connectivity index (χ0n) is 5.30. The van der Waals surface area contributed by atoms with Gasteiger partial charge in [0, 0.05) is 5.41 Å². The van der Waals surface area contributed by atoms with Crippen molar-refractivity contribution in [3.63, 3.8) is 0 Å². The zero-order chi connectivity index (χ0) is 6.74. The summed E-state index contributed by atoms with van der Waals surface area (Å²) in [5, 5.41) is 0. The minimum absolute atomic E-state index is 0.156. The van der Waals surface area contributed by atoms with Crippen LogP contribution in [0, 0.1) is 5.41 Å². The summed E-state index contributed by atoms with van der Waals surface area (Å²) in [6, 6.07) is 0. The van der Waals surface area contributed by atoms with Gasteiger partial charge < -0.3 is 9.68 Å². The van der Waals surface area contributed by atoms with Gasteiger partial charge in [-0.2, -0.15) is 0 Å². The van der Waals surface area contributed by atoms with Gasteiger partial charge in [-0.3, -0.25) is 0 Å². The quantitative estimate of drug-likeness (QED) is 0.508. The first-order valence-corrected chi connectivity index (χ1v) is 2.96. The molecule has 1 fully saturated rings. The standard InChI is InChI=1S/C5H12N2O2/c6-8-3-5(1-2-5)4-9-7/h1-4,6-7H2. The third kappa shape index (κ3) is 1.62. The molecule has 0 amide bonds. The van der Waals surface area contributed by atoms with Crippen molar-refractivity contribution >= 4 is 0 Å². The Morgan fingerprint density at radius 1 is 1.11 bits per heavy atom. The van der Waals surface area contributed by atoms with Crippen molar-refractivity contribution < 1.29 is 9.68 Å². The Labute approximate surface area is 54.0 Å². The lowest BCUT2D eigenvalue weighted by molar-refractivity contribution is 0.0268. The molecule has 4 nitrogen and oxygen atoms in total. The van der Waals surface area contributed by atoms with Gasteiger partial charge in [-0.05, 0) is 12.8 Å². The molecule has 4 N–H and O–H groups in total. The van der Waals surface area contributed by atoms with E-state index >= 15 is 0 Å². The van der Waals surface area contributed by atoms with Crippen molar-refractivity contribution in [2.45, 2.75) is 12.8 Å². The van der Waals surface area contributed by atoms with E-state index in [1.165, 1.54) is 0 Å². The van der Waals surface area contributed by atoms with E-state index in [1.54, 1.807) is 0 Å². The summed E-state index contributed by atoms with van der Waals surface area (Å²) in [5.74, 6) is 9.78. The molecule has 0 bridgehead atoms. The molecule has 0 heterocycles. The highest BCUT2D eigenvalue weighted by Crippen LogP contribution is 2.45. The van der Waals surface area contributed by atoms with Crippen LogP contribution in [-0.2, 0) is 9.68 Å². The smallest absolute Gasteiger partial charge is 0.0758 e. The topological polar surface area (TPSA) is 70.5 Å². The van der Waals surface area contributed by atoms with E-state index < -0.39 is 0 Å². The van der Waals surface area contributed by atoms with Crippen LogP contribution in [0.5, 0.6) is 0 Å². The van der Waals surface area contributed by atoms with Gasteiger partial charge >= 0.3 is 0 Å². The minimum Gasteiger partial charge on any atom is -0.304 e. The molecule has 1 aliphatic rings. The van der Waals surface area contributed by atoms with E-state index in [-0.39, 0.29) is 5.41 Å². The van der Waals surface area contributed by atoms with E-state index in [2.05, 4.69) is 9.68 Å². The normalized spacial score (nSPS) is 22.0. The predicted molar refractivity (Wildman–Crippen MR) is 31.9 cm³/mol. The first kappa shape index (κ1) is 6.95. The average Bonchev–Trinajstić information content (AvgIpc) is 2.51. The molecule has 0 radical (unpaired) electrons. The molecule has 54 valence electrons. The van der Waals surface area contributed by atoms with E-state index in [0.29, 0.717) is 13.2 Å². The molecule has 1 saturated carbocycles. The zero-order valence-corrected chi connectivity index (χ0v) is 5.30. The second-order valence-electron chi connectivity index (χ2n) is 2.62. The van der Waals surface area contributed by atoms with E-state index in [4.69, 9.17) is 11.8 Å². The number of hydrogen-bond donors (Lipinski definition) is 2. The molecular weight excluding hydrogens is 120 g/mol. The first-order valence-electron chi connectivity index (χ1n) is 2.96. The Kier molecular flexibility index (Phi) is 2.02. The molecule has 1 rings (SSSR count). The average molecular weight is 132 g/mol. The van der Waals surface area contributed by atoms with E-state index in [0.717, 1.165) is 12.8 Å². The fourth-order valence-corrected chi connectivity index (χ4v) is 0.861. The second kappa shape index (κ2) is 2.62. The van der Waals surface area contributed by atoms with Crippen LogP contribution in [0.25, 0.3) is 0 Å². The van der Waals surface area contributed by atoms with Crippen LogP contribution in [0.1, 0.15) is 12.8 Å². The molecule has 4 heteroatoms. The first-order chi connectivity index (χ1) is 4.33. The van der Waals surface area contributed by atoms with E-state index in [1.807, 2.05) is 0 Å². The Balaban J connectivity index is 2.17. The summed E-state index contributed by atoms with van der Waals surface area (Å²) in [6.45, 7) is 1.12. The highest BCUT2D eigenvalue weighted by molar-refractivity contribution is 4.92. The van der Waals surface area contributed by atoms with Crippen molar-refractivity contribution in [1.82, 2.24) is 0 Å². The third-order valence-corrected chi connectivity index (χ3v) is 1.74. The summed E-state index contributed by atoms with van der Waals surface area (Å²) in [5.41, 5.74) is 0.156. The SMILES string of the molecule is NOCC1(CON)CC1. The van der Waals surface area contributed by atoms with Crippen LogP contribution in [0.4, 0.5) is 0 Å². The van der Waals surface area contributed by atoms with Crippen LogP contribution >= 0.6 is 0 Å². The molecule has 1 aliphatic carbocycles. The maximum absolute atomic E-state index is 4.89. The van der Waals surface area contributed by atoms with Gasteiger partial charge in [0.05, 0.1) is 13.2 Å². The van der Waals surface area contributed by atoms with E-state index in [9.17, 15) is 0 Å². The lowest BCUT2D eigenvalue weighted by Crippen LogP contribution is -2.21. The summed E-state index contributed by atoms with van der Waals surface area (Å²) in [6.07, 6.45) is 2.22. The van der Waals surface area contributed by atoms with Gasteiger partial charge in [0.15, 0.2) is 0 Å². The summed E-state index contributed by atoms with van der Waals surface area (Å²) in [4.78, 5) is 8.97. The minimum atomic E-state index is 0.156. The van der Waals surface area contributed by atoms with Gasteiger partial charge in [0.2, 0.25) is 0 Å².